The number of nitrogens with zero attached hydrogens (tertiary/aromatic N) is 2. The van der Waals surface area contributed by atoms with Crippen LogP contribution in [0.25, 0.3) is 22.2 Å². The minimum absolute atomic E-state index is 0.198. The predicted molar refractivity (Wildman–Crippen MR) is 116 cm³/mol. The summed E-state index contributed by atoms with van der Waals surface area (Å²) in [5.74, 6) is 1.73. The molecule has 0 aliphatic heterocycles. The van der Waals surface area contributed by atoms with Crippen molar-refractivity contribution in [3.63, 3.8) is 0 Å². The summed E-state index contributed by atoms with van der Waals surface area (Å²) in [7, 11) is 0. The molecule has 0 fully saturated rings. The highest BCUT2D eigenvalue weighted by atomic mass is 19.2. The molecule has 32 heavy (non-hydrogen) atoms. The Bertz CT molecular complexity index is 1360. The summed E-state index contributed by atoms with van der Waals surface area (Å²) in [6.45, 7) is 3.66. The molecule has 0 amide bonds. The van der Waals surface area contributed by atoms with Crippen molar-refractivity contribution in [3.05, 3.63) is 107 Å². The number of rotatable bonds is 4. The fourth-order valence-electron chi connectivity index (χ4n) is 3.18. The van der Waals surface area contributed by atoms with Gasteiger partial charge in [0.1, 0.15) is 11.6 Å². The van der Waals surface area contributed by atoms with Crippen LogP contribution in [0.15, 0.2) is 67.5 Å². The number of aromatic nitrogens is 2. The molecule has 2 nitrogen and oxygen atoms in total. The molecule has 0 atom stereocenters. The second kappa shape index (κ2) is 9.03. The molecule has 4 aromatic rings. The van der Waals surface area contributed by atoms with Gasteiger partial charge in [-0.3, -0.25) is 0 Å². The standard InChI is InChI=1S/C26H16F4N2/c1-2-3-4-17-14-31-26(32-15-17)20-12-22(27)21(23(28)13-20)8-6-16-5-7-18-10-24(29)25(30)11-19(18)9-16/h2,5,7,9-15H,1,3-4H2. The molecule has 0 spiro atoms. The van der Waals surface area contributed by atoms with E-state index >= 15 is 0 Å². The van der Waals surface area contributed by atoms with Crippen molar-refractivity contribution < 1.29 is 17.6 Å². The summed E-state index contributed by atoms with van der Waals surface area (Å²) in [5.41, 5.74) is 1.10. The van der Waals surface area contributed by atoms with Crippen LogP contribution in [0.3, 0.4) is 0 Å². The zero-order chi connectivity index (χ0) is 22.7. The van der Waals surface area contributed by atoms with Gasteiger partial charge in [-0.15, -0.1) is 6.58 Å². The van der Waals surface area contributed by atoms with E-state index in [1.54, 1.807) is 30.6 Å². The molecule has 4 rings (SSSR count). The molecule has 1 aromatic heterocycles. The van der Waals surface area contributed by atoms with Gasteiger partial charge in [0.25, 0.3) is 0 Å². The monoisotopic (exact) mass is 432 g/mol. The summed E-state index contributed by atoms with van der Waals surface area (Å²) in [4.78, 5) is 8.35. The Kier molecular flexibility index (Phi) is 6.00. The predicted octanol–water partition coefficient (Wildman–Crippen LogP) is 6.37. The Balaban J connectivity index is 1.62. The molecule has 0 bridgehead atoms. The Morgan fingerprint density at radius 3 is 2.09 bits per heavy atom. The van der Waals surface area contributed by atoms with E-state index in [9.17, 15) is 17.6 Å². The molecule has 6 heteroatoms. The van der Waals surface area contributed by atoms with Crippen LogP contribution in [-0.2, 0) is 6.42 Å². The van der Waals surface area contributed by atoms with Crippen molar-refractivity contribution in [1.82, 2.24) is 9.97 Å². The van der Waals surface area contributed by atoms with E-state index in [0.29, 0.717) is 16.3 Å². The van der Waals surface area contributed by atoms with Gasteiger partial charge in [0, 0.05) is 23.5 Å². The lowest BCUT2D eigenvalue weighted by Gasteiger charge is -2.05. The number of aryl methyl sites for hydroxylation is 1. The van der Waals surface area contributed by atoms with Gasteiger partial charge in [-0.05, 0) is 65.6 Å². The molecule has 0 unspecified atom stereocenters. The van der Waals surface area contributed by atoms with Crippen LogP contribution in [0.5, 0.6) is 0 Å². The minimum atomic E-state index is -0.980. The van der Waals surface area contributed by atoms with Crippen LogP contribution in [0.2, 0.25) is 0 Å². The molecular formula is C26H16F4N2. The van der Waals surface area contributed by atoms with Gasteiger partial charge in [-0.1, -0.05) is 24.0 Å². The normalized spacial score (nSPS) is 10.6. The van der Waals surface area contributed by atoms with Gasteiger partial charge >= 0.3 is 0 Å². The third-order valence-electron chi connectivity index (χ3n) is 4.85. The van der Waals surface area contributed by atoms with E-state index < -0.39 is 28.8 Å². The Morgan fingerprint density at radius 1 is 0.781 bits per heavy atom. The number of halogens is 4. The van der Waals surface area contributed by atoms with Crippen LogP contribution in [-0.4, -0.2) is 9.97 Å². The Labute approximate surface area is 182 Å². The molecule has 0 saturated carbocycles. The topological polar surface area (TPSA) is 25.8 Å². The van der Waals surface area contributed by atoms with E-state index in [-0.39, 0.29) is 11.4 Å². The largest absolute Gasteiger partial charge is 0.236 e. The summed E-state index contributed by atoms with van der Waals surface area (Å²) >= 11 is 0. The molecule has 0 saturated heterocycles. The van der Waals surface area contributed by atoms with Gasteiger partial charge < -0.3 is 0 Å². The maximum atomic E-state index is 14.6. The molecule has 0 N–H and O–H groups in total. The zero-order valence-electron chi connectivity index (χ0n) is 16.8. The maximum Gasteiger partial charge on any atom is 0.159 e. The smallest absolute Gasteiger partial charge is 0.159 e. The van der Waals surface area contributed by atoms with E-state index in [0.717, 1.165) is 42.7 Å². The average molecular weight is 432 g/mol. The minimum Gasteiger partial charge on any atom is -0.236 e. The van der Waals surface area contributed by atoms with Gasteiger partial charge in [0.2, 0.25) is 0 Å². The van der Waals surface area contributed by atoms with Gasteiger partial charge in [-0.25, -0.2) is 27.5 Å². The third-order valence-corrected chi connectivity index (χ3v) is 4.85. The maximum absolute atomic E-state index is 14.6. The molecule has 1 heterocycles. The van der Waals surface area contributed by atoms with Crippen LogP contribution in [0.4, 0.5) is 17.6 Å². The van der Waals surface area contributed by atoms with Crippen molar-refractivity contribution in [1.29, 1.82) is 0 Å². The summed E-state index contributed by atoms with van der Waals surface area (Å²) in [5, 5.41) is 0.923. The zero-order valence-corrected chi connectivity index (χ0v) is 16.8. The average Bonchev–Trinajstić information content (AvgIpc) is 2.78. The first-order valence-corrected chi connectivity index (χ1v) is 9.76. The first-order valence-electron chi connectivity index (χ1n) is 9.76. The van der Waals surface area contributed by atoms with Crippen LogP contribution in [0, 0.1) is 35.1 Å². The Morgan fingerprint density at radius 2 is 1.44 bits per heavy atom. The quantitative estimate of drug-likeness (QED) is 0.213. The molecular weight excluding hydrogens is 416 g/mol. The Hall–Kier alpha value is -3.98. The molecule has 0 radical (unpaired) electrons. The first kappa shape index (κ1) is 21.3. The van der Waals surface area contributed by atoms with Gasteiger partial charge in [-0.2, -0.15) is 0 Å². The summed E-state index contributed by atoms with van der Waals surface area (Å²) < 4.78 is 56.0. The van der Waals surface area contributed by atoms with Crippen molar-refractivity contribution in [2.45, 2.75) is 12.8 Å². The van der Waals surface area contributed by atoms with Crippen LogP contribution in [0.1, 0.15) is 23.1 Å². The van der Waals surface area contributed by atoms with Crippen molar-refractivity contribution in [2.24, 2.45) is 0 Å². The van der Waals surface area contributed by atoms with Gasteiger partial charge in [0.05, 0.1) is 5.56 Å². The van der Waals surface area contributed by atoms with Crippen molar-refractivity contribution in [2.75, 3.05) is 0 Å². The van der Waals surface area contributed by atoms with E-state index in [2.05, 4.69) is 28.4 Å². The van der Waals surface area contributed by atoms with E-state index in [1.807, 2.05) is 0 Å². The number of fused-ring (bicyclic) bond motifs is 1. The lowest BCUT2D eigenvalue weighted by atomic mass is 10.1. The number of benzene rings is 3. The van der Waals surface area contributed by atoms with E-state index in [1.165, 1.54) is 6.07 Å². The van der Waals surface area contributed by atoms with Crippen molar-refractivity contribution >= 4 is 10.8 Å². The number of allylic oxidation sites excluding steroid dienone is 1. The lowest BCUT2D eigenvalue weighted by Crippen LogP contribution is -1.96. The molecule has 0 aliphatic rings. The fourth-order valence-corrected chi connectivity index (χ4v) is 3.18. The molecule has 0 aliphatic carbocycles. The van der Waals surface area contributed by atoms with Crippen molar-refractivity contribution in [3.8, 4) is 23.2 Å². The highest BCUT2D eigenvalue weighted by Crippen LogP contribution is 2.23. The first-order chi connectivity index (χ1) is 15.4. The second-order valence-electron chi connectivity index (χ2n) is 7.14. The SMILES string of the molecule is C=CCCc1cnc(-c2cc(F)c(C#Cc3ccc4cc(F)c(F)cc4c3)c(F)c2)nc1. The lowest BCUT2D eigenvalue weighted by molar-refractivity contribution is 0.511. The van der Waals surface area contributed by atoms with E-state index in [4.69, 9.17) is 0 Å². The third kappa shape index (κ3) is 4.52. The molecule has 158 valence electrons. The van der Waals surface area contributed by atoms with Gasteiger partial charge in [0.15, 0.2) is 17.5 Å². The summed E-state index contributed by atoms with van der Waals surface area (Å²) in [6, 6.07) is 9.04. The number of hydrogen-bond donors (Lipinski definition) is 0. The molecule has 3 aromatic carbocycles. The highest BCUT2D eigenvalue weighted by molar-refractivity contribution is 5.84. The number of hydrogen-bond acceptors (Lipinski definition) is 2. The highest BCUT2D eigenvalue weighted by Gasteiger charge is 2.12. The second-order valence-corrected chi connectivity index (χ2v) is 7.14. The summed E-state index contributed by atoms with van der Waals surface area (Å²) in [6.07, 6.45) is 6.53. The van der Waals surface area contributed by atoms with Crippen LogP contribution < -0.4 is 0 Å². The van der Waals surface area contributed by atoms with Crippen LogP contribution >= 0.6 is 0 Å². The fraction of sp³-hybridized carbons (Fsp3) is 0.0769.